The van der Waals surface area contributed by atoms with Gasteiger partial charge >= 0.3 is 0 Å². The number of carbonyl (C=O) groups is 2. The first-order valence-corrected chi connectivity index (χ1v) is 8.99. The lowest BCUT2D eigenvalue weighted by atomic mass is 10.1. The summed E-state index contributed by atoms with van der Waals surface area (Å²) in [5, 5.41) is 2.86. The lowest BCUT2D eigenvalue weighted by Gasteiger charge is -2.13. The zero-order chi connectivity index (χ0) is 19.8. The van der Waals surface area contributed by atoms with Crippen LogP contribution in [0.4, 0.5) is 5.69 Å². The molecule has 5 heteroatoms. The first-order chi connectivity index (χ1) is 13.7. The number of rotatable bonds is 8. The monoisotopic (exact) mass is 375 g/mol. The van der Waals surface area contributed by atoms with Crippen LogP contribution in [-0.2, 0) is 6.61 Å². The number of aldehydes is 1. The molecule has 142 valence electrons. The third kappa shape index (κ3) is 4.98. The zero-order valence-electron chi connectivity index (χ0n) is 15.6. The van der Waals surface area contributed by atoms with Gasteiger partial charge in [0.05, 0.1) is 6.61 Å². The van der Waals surface area contributed by atoms with Crippen molar-refractivity contribution in [1.29, 1.82) is 0 Å². The Kier molecular flexibility index (Phi) is 6.41. The zero-order valence-corrected chi connectivity index (χ0v) is 15.6. The predicted octanol–water partition coefficient (Wildman–Crippen LogP) is 4.73. The van der Waals surface area contributed by atoms with E-state index in [1.807, 2.05) is 49.4 Å². The van der Waals surface area contributed by atoms with Gasteiger partial charge in [0.25, 0.3) is 5.91 Å². The molecule has 0 bridgehead atoms. The minimum atomic E-state index is -0.182. The van der Waals surface area contributed by atoms with Gasteiger partial charge < -0.3 is 14.8 Å². The Hall–Kier alpha value is -3.60. The van der Waals surface area contributed by atoms with Gasteiger partial charge in [-0.25, -0.2) is 0 Å². The first-order valence-electron chi connectivity index (χ1n) is 8.99. The quantitative estimate of drug-likeness (QED) is 0.578. The summed E-state index contributed by atoms with van der Waals surface area (Å²) in [6, 6.07) is 21.6. The number of anilines is 1. The molecule has 3 rings (SSSR count). The van der Waals surface area contributed by atoms with E-state index >= 15 is 0 Å². The van der Waals surface area contributed by atoms with E-state index < -0.39 is 0 Å². The lowest BCUT2D eigenvalue weighted by molar-refractivity contribution is 0.102. The van der Waals surface area contributed by atoms with E-state index in [1.165, 1.54) is 0 Å². The maximum Gasteiger partial charge on any atom is 0.255 e. The van der Waals surface area contributed by atoms with E-state index in [9.17, 15) is 9.59 Å². The summed E-state index contributed by atoms with van der Waals surface area (Å²) >= 11 is 0. The Labute approximate surface area is 163 Å². The number of hydrogen-bond donors (Lipinski definition) is 1. The molecule has 0 heterocycles. The molecule has 0 aliphatic heterocycles. The van der Waals surface area contributed by atoms with Crippen LogP contribution in [0.2, 0.25) is 0 Å². The van der Waals surface area contributed by atoms with Gasteiger partial charge in [0.15, 0.2) is 11.5 Å². The third-order valence-corrected chi connectivity index (χ3v) is 4.02. The van der Waals surface area contributed by atoms with Crippen LogP contribution in [0.25, 0.3) is 0 Å². The molecule has 0 spiro atoms. The summed E-state index contributed by atoms with van der Waals surface area (Å²) in [6.45, 7) is 2.60. The Morgan fingerprint density at radius 1 is 0.929 bits per heavy atom. The highest BCUT2D eigenvalue weighted by Crippen LogP contribution is 2.29. The van der Waals surface area contributed by atoms with E-state index in [-0.39, 0.29) is 12.5 Å². The van der Waals surface area contributed by atoms with Crippen LogP contribution in [0.15, 0.2) is 72.8 Å². The molecule has 0 aliphatic rings. The van der Waals surface area contributed by atoms with Crippen molar-refractivity contribution in [3.63, 3.8) is 0 Å². The minimum Gasteiger partial charge on any atom is -0.490 e. The maximum absolute atomic E-state index is 12.4. The largest absolute Gasteiger partial charge is 0.490 e. The Morgan fingerprint density at radius 3 is 2.50 bits per heavy atom. The van der Waals surface area contributed by atoms with E-state index in [4.69, 9.17) is 9.47 Å². The van der Waals surface area contributed by atoms with Gasteiger partial charge in [-0.15, -0.1) is 0 Å². The number of amides is 1. The Morgan fingerprint density at radius 2 is 1.75 bits per heavy atom. The SMILES string of the molecule is CCOc1cc(C=O)ccc1OCc1cccc(C(=O)Nc2ccccc2)c1. The molecule has 0 fully saturated rings. The normalized spacial score (nSPS) is 10.2. The van der Waals surface area contributed by atoms with Gasteiger partial charge in [-0.3, -0.25) is 9.59 Å². The molecular formula is C23H21NO4. The first kappa shape index (κ1) is 19.2. The molecule has 3 aromatic rings. The number of para-hydroxylation sites is 1. The van der Waals surface area contributed by atoms with Gasteiger partial charge in [0.2, 0.25) is 0 Å². The molecule has 5 nitrogen and oxygen atoms in total. The summed E-state index contributed by atoms with van der Waals surface area (Å²) in [5.41, 5.74) is 2.66. The average molecular weight is 375 g/mol. The van der Waals surface area contributed by atoms with E-state index in [0.717, 1.165) is 17.5 Å². The van der Waals surface area contributed by atoms with Crippen molar-refractivity contribution in [3.05, 3.63) is 89.5 Å². The van der Waals surface area contributed by atoms with E-state index in [2.05, 4.69) is 5.32 Å². The molecule has 0 aliphatic carbocycles. The molecule has 0 saturated heterocycles. The van der Waals surface area contributed by atoms with Gasteiger partial charge in [0.1, 0.15) is 12.9 Å². The van der Waals surface area contributed by atoms with Crippen LogP contribution in [0.3, 0.4) is 0 Å². The Bertz CT molecular complexity index is 954. The second-order valence-electron chi connectivity index (χ2n) is 6.07. The highest BCUT2D eigenvalue weighted by Gasteiger charge is 2.09. The molecule has 1 amide bonds. The van der Waals surface area contributed by atoms with Crippen LogP contribution in [0, 0.1) is 0 Å². The second-order valence-corrected chi connectivity index (χ2v) is 6.07. The molecular weight excluding hydrogens is 354 g/mol. The molecule has 0 unspecified atom stereocenters. The average Bonchev–Trinajstić information content (AvgIpc) is 2.74. The summed E-state index contributed by atoms with van der Waals surface area (Å²) in [6.07, 6.45) is 0.765. The maximum atomic E-state index is 12.4. The minimum absolute atomic E-state index is 0.182. The van der Waals surface area contributed by atoms with Gasteiger partial charge in [-0.05, 0) is 55.0 Å². The van der Waals surface area contributed by atoms with E-state index in [0.29, 0.717) is 29.2 Å². The van der Waals surface area contributed by atoms with Crippen LogP contribution in [0.5, 0.6) is 11.5 Å². The van der Waals surface area contributed by atoms with Gasteiger partial charge in [-0.2, -0.15) is 0 Å². The molecule has 0 radical (unpaired) electrons. The van der Waals surface area contributed by atoms with Crippen molar-refractivity contribution in [3.8, 4) is 11.5 Å². The fourth-order valence-corrected chi connectivity index (χ4v) is 2.67. The van der Waals surface area contributed by atoms with Crippen LogP contribution in [-0.4, -0.2) is 18.8 Å². The number of carbonyl (C=O) groups excluding carboxylic acids is 2. The molecule has 1 N–H and O–H groups in total. The number of nitrogens with one attached hydrogen (secondary N) is 1. The van der Waals surface area contributed by atoms with Crippen molar-refractivity contribution in [2.45, 2.75) is 13.5 Å². The lowest BCUT2D eigenvalue weighted by Crippen LogP contribution is -2.12. The van der Waals surface area contributed by atoms with Crippen LogP contribution >= 0.6 is 0 Å². The van der Waals surface area contributed by atoms with Crippen molar-refractivity contribution < 1.29 is 19.1 Å². The fraction of sp³-hybridized carbons (Fsp3) is 0.130. The molecule has 3 aromatic carbocycles. The third-order valence-electron chi connectivity index (χ3n) is 4.02. The summed E-state index contributed by atoms with van der Waals surface area (Å²) in [7, 11) is 0. The number of ether oxygens (including phenoxy) is 2. The number of hydrogen-bond acceptors (Lipinski definition) is 4. The van der Waals surface area contributed by atoms with Crippen molar-refractivity contribution in [2.24, 2.45) is 0 Å². The fourth-order valence-electron chi connectivity index (χ4n) is 2.67. The summed E-state index contributed by atoms with van der Waals surface area (Å²) in [4.78, 5) is 23.4. The molecule has 0 aromatic heterocycles. The van der Waals surface area contributed by atoms with Gasteiger partial charge in [-0.1, -0.05) is 30.3 Å². The second kappa shape index (κ2) is 9.37. The highest BCUT2D eigenvalue weighted by molar-refractivity contribution is 6.04. The van der Waals surface area contributed by atoms with Crippen molar-refractivity contribution in [2.75, 3.05) is 11.9 Å². The molecule has 0 saturated carbocycles. The van der Waals surface area contributed by atoms with E-state index in [1.54, 1.807) is 30.3 Å². The van der Waals surface area contributed by atoms with Crippen molar-refractivity contribution >= 4 is 17.9 Å². The molecule has 28 heavy (non-hydrogen) atoms. The van der Waals surface area contributed by atoms with Gasteiger partial charge in [0, 0.05) is 16.8 Å². The number of benzene rings is 3. The molecule has 0 atom stereocenters. The smallest absolute Gasteiger partial charge is 0.255 e. The summed E-state index contributed by atoms with van der Waals surface area (Å²) in [5.74, 6) is 0.884. The van der Waals surface area contributed by atoms with Crippen LogP contribution < -0.4 is 14.8 Å². The Balaban J connectivity index is 1.70. The summed E-state index contributed by atoms with van der Waals surface area (Å²) < 4.78 is 11.4. The highest BCUT2D eigenvalue weighted by atomic mass is 16.5. The van der Waals surface area contributed by atoms with Crippen molar-refractivity contribution in [1.82, 2.24) is 0 Å². The topological polar surface area (TPSA) is 64.6 Å². The standard InChI is InChI=1S/C23H21NO4/c1-2-27-22-14-17(15-25)11-12-21(22)28-16-18-7-6-8-19(13-18)23(26)24-20-9-4-3-5-10-20/h3-15H,2,16H2,1H3,(H,24,26). The van der Waals surface area contributed by atoms with Crippen LogP contribution in [0.1, 0.15) is 33.2 Å². The predicted molar refractivity (Wildman–Crippen MR) is 108 cm³/mol.